The molecular formula is C22H14F4N2O2S. The van der Waals surface area contributed by atoms with Gasteiger partial charge in [0.25, 0.3) is 0 Å². The van der Waals surface area contributed by atoms with Crippen molar-refractivity contribution in [2.24, 2.45) is 0 Å². The van der Waals surface area contributed by atoms with Crippen LogP contribution in [0.25, 0.3) is 16.1 Å². The summed E-state index contributed by atoms with van der Waals surface area (Å²) in [7, 11) is 0. The second-order valence-corrected chi connectivity index (χ2v) is 7.84. The molecule has 0 amide bonds. The summed E-state index contributed by atoms with van der Waals surface area (Å²) in [6.45, 7) is 0. The number of halogens is 4. The molecule has 4 rings (SSSR count). The van der Waals surface area contributed by atoms with Crippen molar-refractivity contribution < 1.29 is 27.5 Å². The number of nitrogens with zero attached hydrogens (tertiary/aromatic N) is 2. The number of thiophene rings is 1. The molecule has 0 spiro atoms. The highest BCUT2D eigenvalue weighted by atomic mass is 32.1. The Hall–Kier alpha value is -3.33. The lowest BCUT2D eigenvalue weighted by Crippen LogP contribution is -2.40. The minimum Gasteiger partial charge on any atom is -0.480 e. The predicted octanol–water partition coefficient (Wildman–Crippen LogP) is 5.89. The molecule has 0 aliphatic heterocycles. The molecule has 1 aliphatic rings. The van der Waals surface area contributed by atoms with Crippen molar-refractivity contribution in [3.05, 3.63) is 89.0 Å². The zero-order valence-electron chi connectivity index (χ0n) is 15.7. The highest BCUT2D eigenvalue weighted by Gasteiger charge is 2.51. The minimum atomic E-state index is -4.86. The standard InChI is InChI=1S/C22H14F4N2O2S/c23-17-9-8-14(13-5-2-1-3-6-13)12-21(17,20(29)30)19-27-15(16-7-4-10-31-16)11-18(28-19)22(24,25)26/h1-11H,12H2,(H,29,30). The maximum absolute atomic E-state index is 15.1. The Kier molecular flexibility index (Phi) is 5.22. The monoisotopic (exact) mass is 446 g/mol. The summed E-state index contributed by atoms with van der Waals surface area (Å²) < 4.78 is 55.8. The SMILES string of the molecule is O=C(O)C1(c2nc(-c3cccs3)cc(C(F)(F)F)n2)CC(c2ccccc2)=CC=C1F. The average Bonchev–Trinajstić information content (AvgIpc) is 3.29. The Morgan fingerprint density at radius 3 is 2.42 bits per heavy atom. The van der Waals surface area contributed by atoms with Crippen molar-refractivity contribution in [1.82, 2.24) is 9.97 Å². The molecule has 0 bridgehead atoms. The number of hydrogen-bond donors (Lipinski definition) is 1. The molecular weight excluding hydrogens is 432 g/mol. The van der Waals surface area contributed by atoms with Gasteiger partial charge in [0.2, 0.25) is 0 Å². The van der Waals surface area contributed by atoms with Crippen molar-refractivity contribution in [2.45, 2.75) is 18.0 Å². The maximum atomic E-state index is 15.1. The number of aliphatic carboxylic acids is 1. The normalized spacial score (nSPS) is 19.0. The predicted molar refractivity (Wildman–Crippen MR) is 108 cm³/mol. The van der Waals surface area contributed by atoms with Crippen LogP contribution in [-0.4, -0.2) is 21.0 Å². The molecule has 0 saturated carbocycles. The summed E-state index contributed by atoms with van der Waals surface area (Å²) in [4.78, 5) is 20.3. The molecule has 1 N–H and O–H groups in total. The molecule has 0 saturated heterocycles. The lowest BCUT2D eigenvalue weighted by molar-refractivity contribution is -0.145. The topological polar surface area (TPSA) is 63.1 Å². The van der Waals surface area contributed by atoms with Gasteiger partial charge in [-0.05, 0) is 34.7 Å². The number of carboxylic acids is 1. The van der Waals surface area contributed by atoms with E-state index in [1.54, 1.807) is 47.8 Å². The first kappa shape index (κ1) is 20.9. The second kappa shape index (κ2) is 7.73. The zero-order chi connectivity index (χ0) is 22.2. The van der Waals surface area contributed by atoms with Gasteiger partial charge in [-0.25, -0.2) is 14.4 Å². The van der Waals surface area contributed by atoms with Gasteiger partial charge in [0.1, 0.15) is 11.5 Å². The lowest BCUT2D eigenvalue weighted by atomic mass is 9.74. The van der Waals surface area contributed by atoms with Crippen LogP contribution in [0, 0.1) is 0 Å². The summed E-state index contributed by atoms with van der Waals surface area (Å²) in [6, 6.07) is 12.5. The van der Waals surface area contributed by atoms with Crippen molar-refractivity contribution >= 4 is 22.9 Å². The quantitative estimate of drug-likeness (QED) is 0.508. The van der Waals surface area contributed by atoms with E-state index in [0.29, 0.717) is 16.0 Å². The number of aromatic nitrogens is 2. The van der Waals surface area contributed by atoms with Crippen molar-refractivity contribution in [1.29, 1.82) is 0 Å². The molecule has 2 aromatic heterocycles. The molecule has 1 aromatic carbocycles. The van der Waals surface area contributed by atoms with Gasteiger partial charge in [-0.15, -0.1) is 11.3 Å². The molecule has 158 valence electrons. The zero-order valence-corrected chi connectivity index (χ0v) is 16.5. The summed E-state index contributed by atoms with van der Waals surface area (Å²) in [5, 5.41) is 11.7. The molecule has 1 unspecified atom stereocenters. The van der Waals surface area contributed by atoms with E-state index in [0.717, 1.165) is 23.5 Å². The third-order valence-corrected chi connectivity index (χ3v) is 5.87. The average molecular weight is 446 g/mol. The van der Waals surface area contributed by atoms with Gasteiger partial charge in [0.15, 0.2) is 11.2 Å². The first-order valence-electron chi connectivity index (χ1n) is 9.08. The van der Waals surface area contributed by atoms with Crippen LogP contribution in [0.3, 0.4) is 0 Å². The first-order chi connectivity index (χ1) is 14.7. The van der Waals surface area contributed by atoms with Crippen molar-refractivity contribution in [3.8, 4) is 10.6 Å². The highest BCUT2D eigenvalue weighted by Crippen LogP contribution is 2.45. The Labute approximate surface area is 178 Å². The van der Waals surface area contributed by atoms with Crippen LogP contribution in [0.1, 0.15) is 23.5 Å². The molecule has 1 atom stereocenters. The van der Waals surface area contributed by atoms with Gasteiger partial charge in [0.05, 0.1) is 10.6 Å². The van der Waals surface area contributed by atoms with E-state index in [9.17, 15) is 23.1 Å². The van der Waals surface area contributed by atoms with E-state index in [4.69, 9.17) is 0 Å². The summed E-state index contributed by atoms with van der Waals surface area (Å²) >= 11 is 1.13. The Morgan fingerprint density at radius 1 is 1.06 bits per heavy atom. The number of alkyl halides is 3. The van der Waals surface area contributed by atoms with Gasteiger partial charge in [0, 0.05) is 6.42 Å². The fraction of sp³-hybridized carbons (Fsp3) is 0.136. The van der Waals surface area contributed by atoms with Gasteiger partial charge < -0.3 is 5.11 Å². The fourth-order valence-corrected chi connectivity index (χ4v) is 4.07. The first-order valence-corrected chi connectivity index (χ1v) is 9.96. The van der Waals surface area contributed by atoms with Gasteiger partial charge in [-0.3, -0.25) is 4.79 Å². The molecule has 0 fully saturated rings. The van der Waals surface area contributed by atoms with E-state index in [1.807, 2.05) is 0 Å². The van der Waals surface area contributed by atoms with E-state index >= 15 is 4.39 Å². The van der Waals surface area contributed by atoms with E-state index in [1.165, 1.54) is 6.08 Å². The Balaban J connectivity index is 1.93. The smallest absolute Gasteiger partial charge is 0.433 e. The Bertz CT molecular complexity index is 1190. The highest BCUT2D eigenvalue weighted by molar-refractivity contribution is 7.13. The maximum Gasteiger partial charge on any atom is 0.433 e. The van der Waals surface area contributed by atoms with Crippen LogP contribution in [0.15, 0.2) is 71.9 Å². The largest absolute Gasteiger partial charge is 0.480 e. The van der Waals surface area contributed by atoms with Crippen LogP contribution in [0.4, 0.5) is 17.6 Å². The van der Waals surface area contributed by atoms with Crippen LogP contribution in [0.2, 0.25) is 0 Å². The van der Waals surface area contributed by atoms with Gasteiger partial charge >= 0.3 is 12.1 Å². The lowest BCUT2D eigenvalue weighted by Gasteiger charge is -2.30. The number of hydrogen-bond acceptors (Lipinski definition) is 4. The number of allylic oxidation sites excluding steroid dienone is 3. The molecule has 4 nitrogen and oxygen atoms in total. The molecule has 3 aromatic rings. The van der Waals surface area contributed by atoms with Crippen molar-refractivity contribution in [3.63, 3.8) is 0 Å². The van der Waals surface area contributed by atoms with Crippen LogP contribution in [-0.2, 0) is 16.4 Å². The van der Waals surface area contributed by atoms with Crippen LogP contribution in [0.5, 0.6) is 0 Å². The third-order valence-electron chi connectivity index (χ3n) is 4.98. The number of carbonyl (C=O) groups is 1. The Morgan fingerprint density at radius 2 is 1.81 bits per heavy atom. The number of carboxylic acid groups (broad SMARTS) is 1. The van der Waals surface area contributed by atoms with Crippen LogP contribution >= 0.6 is 11.3 Å². The third kappa shape index (κ3) is 3.76. The molecule has 31 heavy (non-hydrogen) atoms. The number of benzene rings is 1. The fourth-order valence-electron chi connectivity index (χ4n) is 3.39. The van der Waals surface area contributed by atoms with Gasteiger partial charge in [-0.1, -0.05) is 42.5 Å². The molecule has 2 heterocycles. The summed E-state index contributed by atoms with van der Waals surface area (Å²) in [5.74, 6) is -3.54. The minimum absolute atomic E-state index is 0.114. The van der Waals surface area contributed by atoms with Gasteiger partial charge in [-0.2, -0.15) is 13.2 Å². The summed E-state index contributed by atoms with van der Waals surface area (Å²) in [5.41, 5.74) is -2.85. The molecule has 1 aliphatic carbocycles. The summed E-state index contributed by atoms with van der Waals surface area (Å²) in [6.07, 6.45) is -2.93. The second-order valence-electron chi connectivity index (χ2n) is 6.90. The van der Waals surface area contributed by atoms with Crippen molar-refractivity contribution in [2.75, 3.05) is 0 Å². The van der Waals surface area contributed by atoms with E-state index in [2.05, 4.69) is 9.97 Å². The van der Waals surface area contributed by atoms with E-state index in [-0.39, 0.29) is 5.69 Å². The van der Waals surface area contributed by atoms with Crippen LogP contribution < -0.4 is 0 Å². The van der Waals surface area contributed by atoms with E-state index < -0.39 is 41.3 Å². The number of rotatable bonds is 4. The molecule has 0 radical (unpaired) electrons. The molecule has 9 heteroatoms.